The molecule has 0 saturated heterocycles. The molecule has 3 aromatic rings. The Balaban J connectivity index is 2.06. The number of phenolic OH excluding ortho intramolecular Hbond substituents is 1. The standard InChI is InChI=1S/C20H14O3/c21-13-14-5-4-8-16(11-14)17-9-10-19(22)18(12-17)20(23)15-6-2-1-3-7-15/h1-13,22H. The lowest BCUT2D eigenvalue weighted by atomic mass is 9.96. The van der Waals surface area contributed by atoms with Crippen LogP contribution in [0.2, 0.25) is 0 Å². The molecule has 1 N–H and O–H groups in total. The molecule has 0 spiro atoms. The summed E-state index contributed by atoms with van der Waals surface area (Å²) in [6, 6.07) is 20.8. The number of carbonyl (C=O) groups excluding carboxylic acids is 2. The molecular weight excluding hydrogens is 288 g/mol. The van der Waals surface area contributed by atoms with Gasteiger partial charge in [0.15, 0.2) is 5.78 Å². The van der Waals surface area contributed by atoms with Crippen LogP contribution in [0.3, 0.4) is 0 Å². The Morgan fingerprint density at radius 1 is 0.826 bits per heavy atom. The number of aromatic hydroxyl groups is 1. The van der Waals surface area contributed by atoms with E-state index in [-0.39, 0.29) is 17.1 Å². The van der Waals surface area contributed by atoms with Gasteiger partial charge in [0.1, 0.15) is 12.0 Å². The average molecular weight is 302 g/mol. The third-order valence-corrected chi connectivity index (χ3v) is 3.63. The maximum Gasteiger partial charge on any atom is 0.196 e. The maximum atomic E-state index is 12.6. The van der Waals surface area contributed by atoms with Gasteiger partial charge >= 0.3 is 0 Å². The van der Waals surface area contributed by atoms with E-state index in [0.717, 1.165) is 17.4 Å². The van der Waals surface area contributed by atoms with Gasteiger partial charge in [0.25, 0.3) is 0 Å². The second-order valence-electron chi connectivity index (χ2n) is 5.17. The largest absolute Gasteiger partial charge is 0.507 e. The second kappa shape index (κ2) is 6.28. The van der Waals surface area contributed by atoms with Crippen LogP contribution < -0.4 is 0 Å². The summed E-state index contributed by atoms with van der Waals surface area (Å²) < 4.78 is 0. The Morgan fingerprint density at radius 3 is 2.30 bits per heavy atom. The molecule has 0 aromatic heterocycles. The third-order valence-electron chi connectivity index (χ3n) is 3.63. The SMILES string of the molecule is O=Cc1cccc(-c2ccc(O)c(C(=O)c3ccccc3)c2)c1. The minimum absolute atomic E-state index is 0.0610. The molecule has 0 amide bonds. The van der Waals surface area contributed by atoms with Crippen molar-refractivity contribution < 1.29 is 14.7 Å². The number of ketones is 1. The normalized spacial score (nSPS) is 10.3. The first-order chi connectivity index (χ1) is 11.2. The number of hydrogen-bond acceptors (Lipinski definition) is 3. The van der Waals surface area contributed by atoms with Crippen molar-refractivity contribution >= 4 is 12.1 Å². The maximum absolute atomic E-state index is 12.6. The Hall–Kier alpha value is -3.20. The lowest BCUT2D eigenvalue weighted by Gasteiger charge is -2.08. The number of phenols is 1. The predicted octanol–water partition coefficient (Wildman–Crippen LogP) is 4.10. The van der Waals surface area contributed by atoms with Gasteiger partial charge in [0.05, 0.1) is 5.56 Å². The number of rotatable bonds is 4. The zero-order chi connectivity index (χ0) is 16.2. The molecule has 0 bridgehead atoms. The zero-order valence-corrected chi connectivity index (χ0v) is 12.3. The molecule has 0 radical (unpaired) electrons. The Labute approximate surface area is 133 Å². The van der Waals surface area contributed by atoms with Crippen molar-refractivity contribution in [1.29, 1.82) is 0 Å². The fourth-order valence-corrected chi connectivity index (χ4v) is 2.43. The molecule has 23 heavy (non-hydrogen) atoms. The fourth-order valence-electron chi connectivity index (χ4n) is 2.43. The van der Waals surface area contributed by atoms with Gasteiger partial charge in [0.2, 0.25) is 0 Å². The van der Waals surface area contributed by atoms with Gasteiger partial charge in [-0.2, -0.15) is 0 Å². The first-order valence-electron chi connectivity index (χ1n) is 7.17. The second-order valence-corrected chi connectivity index (χ2v) is 5.17. The molecule has 0 atom stereocenters. The van der Waals surface area contributed by atoms with Crippen LogP contribution in [0, 0.1) is 0 Å². The molecule has 0 aliphatic heterocycles. The lowest BCUT2D eigenvalue weighted by molar-refractivity contribution is 0.103. The first-order valence-corrected chi connectivity index (χ1v) is 7.17. The molecule has 3 rings (SSSR count). The van der Waals surface area contributed by atoms with Gasteiger partial charge in [-0.3, -0.25) is 9.59 Å². The Morgan fingerprint density at radius 2 is 1.57 bits per heavy atom. The van der Waals surface area contributed by atoms with E-state index >= 15 is 0 Å². The molecule has 0 heterocycles. The molecule has 3 aromatic carbocycles. The van der Waals surface area contributed by atoms with Gasteiger partial charge in [-0.1, -0.05) is 54.6 Å². The highest BCUT2D eigenvalue weighted by molar-refractivity contribution is 6.11. The van der Waals surface area contributed by atoms with Crippen molar-refractivity contribution in [1.82, 2.24) is 0 Å². The first kappa shape index (κ1) is 14.7. The number of aldehydes is 1. The summed E-state index contributed by atoms with van der Waals surface area (Å²) in [5, 5.41) is 10.0. The van der Waals surface area contributed by atoms with Crippen molar-refractivity contribution in [2.75, 3.05) is 0 Å². The van der Waals surface area contributed by atoms with Crippen LogP contribution in [0.25, 0.3) is 11.1 Å². The Bertz CT molecular complexity index is 867. The van der Waals surface area contributed by atoms with Gasteiger partial charge in [0, 0.05) is 11.1 Å². The molecule has 112 valence electrons. The van der Waals surface area contributed by atoms with Crippen LogP contribution in [0.4, 0.5) is 0 Å². The molecule has 3 nitrogen and oxygen atoms in total. The molecule has 0 saturated carbocycles. The molecule has 0 fully saturated rings. The summed E-state index contributed by atoms with van der Waals surface area (Å²) in [5.74, 6) is -0.300. The monoisotopic (exact) mass is 302 g/mol. The lowest BCUT2D eigenvalue weighted by Crippen LogP contribution is -2.01. The van der Waals surface area contributed by atoms with E-state index in [9.17, 15) is 14.7 Å². The highest BCUT2D eigenvalue weighted by Gasteiger charge is 2.14. The molecule has 3 heteroatoms. The van der Waals surface area contributed by atoms with Crippen molar-refractivity contribution in [3.05, 3.63) is 89.5 Å². The minimum Gasteiger partial charge on any atom is -0.507 e. The van der Waals surface area contributed by atoms with E-state index < -0.39 is 0 Å². The number of carbonyl (C=O) groups is 2. The predicted molar refractivity (Wildman–Crippen MR) is 88.8 cm³/mol. The summed E-state index contributed by atoms with van der Waals surface area (Å²) in [4.78, 5) is 23.5. The third kappa shape index (κ3) is 3.04. The van der Waals surface area contributed by atoms with Crippen LogP contribution in [-0.2, 0) is 0 Å². The molecule has 0 unspecified atom stereocenters. The highest BCUT2D eigenvalue weighted by Crippen LogP contribution is 2.28. The smallest absolute Gasteiger partial charge is 0.196 e. The van der Waals surface area contributed by atoms with Crippen LogP contribution in [0.1, 0.15) is 26.3 Å². The molecule has 0 aliphatic carbocycles. The van der Waals surface area contributed by atoms with Gasteiger partial charge < -0.3 is 5.11 Å². The summed E-state index contributed by atoms with van der Waals surface area (Å²) in [5.41, 5.74) is 2.90. The van der Waals surface area contributed by atoms with Crippen LogP contribution >= 0.6 is 0 Å². The molecular formula is C20H14O3. The summed E-state index contributed by atoms with van der Waals surface area (Å²) in [7, 11) is 0. The minimum atomic E-state index is -0.239. The average Bonchev–Trinajstić information content (AvgIpc) is 2.62. The fraction of sp³-hybridized carbons (Fsp3) is 0. The van der Waals surface area contributed by atoms with Gasteiger partial charge in [-0.25, -0.2) is 0 Å². The molecule has 0 aliphatic rings. The van der Waals surface area contributed by atoms with E-state index in [4.69, 9.17) is 0 Å². The van der Waals surface area contributed by atoms with E-state index in [0.29, 0.717) is 11.1 Å². The number of hydrogen-bond donors (Lipinski definition) is 1. The van der Waals surface area contributed by atoms with Crippen LogP contribution in [-0.4, -0.2) is 17.2 Å². The van der Waals surface area contributed by atoms with Gasteiger partial charge in [-0.15, -0.1) is 0 Å². The Kier molecular flexibility index (Phi) is 4.02. The summed E-state index contributed by atoms with van der Waals surface area (Å²) in [6.45, 7) is 0. The highest BCUT2D eigenvalue weighted by atomic mass is 16.3. The zero-order valence-electron chi connectivity index (χ0n) is 12.3. The summed E-state index contributed by atoms with van der Waals surface area (Å²) in [6.07, 6.45) is 0.778. The topological polar surface area (TPSA) is 54.4 Å². The number of benzene rings is 3. The van der Waals surface area contributed by atoms with Crippen LogP contribution in [0.5, 0.6) is 5.75 Å². The van der Waals surface area contributed by atoms with Crippen molar-refractivity contribution in [2.24, 2.45) is 0 Å². The van der Waals surface area contributed by atoms with E-state index in [1.54, 1.807) is 54.6 Å². The van der Waals surface area contributed by atoms with Crippen molar-refractivity contribution in [2.45, 2.75) is 0 Å². The van der Waals surface area contributed by atoms with Crippen LogP contribution in [0.15, 0.2) is 72.8 Å². The van der Waals surface area contributed by atoms with Gasteiger partial charge in [-0.05, 0) is 29.3 Å². The van der Waals surface area contributed by atoms with Crippen molar-refractivity contribution in [3.63, 3.8) is 0 Å². The van der Waals surface area contributed by atoms with E-state index in [2.05, 4.69) is 0 Å². The van der Waals surface area contributed by atoms with E-state index in [1.165, 1.54) is 6.07 Å². The summed E-state index contributed by atoms with van der Waals surface area (Å²) >= 11 is 0. The quantitative estimate of drug-likeness (QED) is 0.583. The van der Waals surface area contributed by atoms with E-state index in [1.807, 2.05) is 12.1 Å². The van der Waals surface area contributed by atoms with Crippen molar-refractivity contribution in [3.8, 4) is 16.9 Å².